The van der Waals surface area contributed by atoms with Crippen LogP contribution in [0.15, 0.2) is 24.3 Å². The van der Waals surface area contributed by atoms with Gasteiger partial charge in [0.1, 0.15) is 7.11 Å². The average Bonchev–Trinajstić information content (AvgIpc) is 2.17. The summed E-state index contributed by atoms with van der Waals surface area (Å²) in [5, 5.41) is 1.30. The fourth-order valence-corrected chi connectivity index (χ4v) is 2.37. The third-order valence-electron chi connectivity index (χ3n) is 2.12. The lowest BCUT2D eigenvalue weighted by molar-refractivity contribution is -0.195. The highest BCUT2D eigenvalue weighted by Gasteiger charge is 2.16. The highest BCUT2D eigenvalue weighted by Crippen LogP contribution is 2.05. The first-order valence-electron chi connectivity index (χ1n) is 4.68. The molecule has 4 heteroatoms. The highest BCUT2D eigenvalue weighted by atomic mass is 28.3. The second kappa shape index (κ2) is 4.59. The molecule has 0 heterocycles. The molecule has 3 nitrogen and oxygen atoms in total. The van der Waals surface area contributed by atoms with Crippen LogP contribution < -0.4 is 5.19 Å². The van der Waals surface area contributed by atoms with Crippen LogP contribution in [0.4, 0.5) is 0 Å². The molecule has 0 aromatic heterocycles. The van der Waals surface area contributed by atoms with Gasteiger partial charge >= 0.3 is 5.97 Å². The summed E-state index contributed by atoms with van der Waals surface area (Å²) in [5.74, 6) is -0.521. The second-order valence-electron chi connectivity index (χ2n) is 4.32. The van der Waals surface area contributed by atoms with Gasteiger partial charge < -0.3 is 0 Å². The van der Waals surface area contributed by atoms with Gasteiger partial charge in [0, 0.05) is 0 Å². The lowest BCUT2D eigenvalue weighted by atomic mass is 10.2. The number of carbonyl (C=O) groups is 1. The topological polar surface area (TPSA) is 35.5 Å². The Morgan fingerprint density at radius 1 is 1.20 bits per heavy atom. The third-order valence-corrected chi connectivity index (χ3v) is 4.19. The summed E-state index contributed by atoms with van der Waals surface area (Å²) >= 11 is 0. The van der Waals surface area contributed by atoms with Crippen molar-refractivity contribution in [1.82, 2.24) is 0 Å². The van der Waals surface area contributed by atoms with Crippen LogP contribution in [0, 0.1) is 7.11 Å². The van der Waals surface area contributed by atoms with E-state index in [1.165, 1.54) is 5.19 Å². The Kier molecular flexibility index (Phi) is 3.65. The molecule has 15 heavy (non-hydrogen) atoms. The summed E-state index contributed by atoms with van der Waals surface area (Å²) in [6, 6.07) is 7.42. The predicted molar refractivity (Wildman–Crippen MR) is 61.3 cm³/mol. The van der Waals surface area contributed by atoms with E-state index >= 15 is 0 Å². The van der Waals surface area contributed by atoms with Crippen molar-refractivity contribution in [2.45, 2.75) is 19.6 Å². The van der Waals surface area contributed by atoms with Crippen LogP contribution in [0.25, 0.3) is 0 Å². The maximum absolute atomic E-state index is 11.2. The highest BCUT2D eigenvalue weighted by molar-refractivity contribution is 6.88. The smallest absolute Gasteiger partial charge is 0.293 e. The maximum Gasteiger partial charge on any atom is 0.373 e. The lowest BCUT2D eigenvalue weighted by Crippen LogP contribution is -2.37. The zero-order chi connectivity index (χ0) is 11.5. The Labute approximate surface area is 91.0 Å². The molecule has 1 aromatic rings. The summed E-state index contributed by atoms with van der Waals surface area (Å²) in [7, 11) is 1.67. The normalized spacial score (nSPS) is 11.2. The Hall–Kier alpha value is -1.13. The molecule has 0 aliphatic rings. The first-order valence-corrected chi connectivity index (χ1v) is 8.18. The molecule has 0 amide bonds. The van der Waals surface area contributed by atoms with E-state index < -0.39 is 14.0 Å². The Bertz CT molecular complexity index is 338. The van der Waals surface area contributed by atoms with E-state index in [9.17, 15) is 4.79 Å². The van der Waals surface area contributed by atoms with Crippen LogP contribution in [0.5, 0.6) is 0 Å². The molecule has 1 aromatic carbocycles. The second-order valence-corrected chi connectivity index (χ2v) is 9.39. The number of hydrogen-bond acceptors (Lipinski definition) is 3. The van der Waals surface area contributed by atoms with Gasteiger partial charge in [-0.3, -0.25) is 4.89 Å². The Balaban J connectivity index is 2.86. The van der Waals surface area contributed by atoms with Gasteiger partial charge in [0.05, 0.1) is 13.6 Å². The van der Waals surface area contributed by atoms with Crippen molar-refractivity contribution in [2.24, 2.45) is 0 Å². The molecule has 0 aliphatic heterocycles. The summed E-state index contributed by atoms with van der Waals surface area (Å²) in [5.41, 5.74) is 0.473. The molecular weight excluding hydrogens is 208 g/mol. The zero-order valence-electron chi connectivity index (χ0n) is 9.24. The van der Waals surface area contributed by atoms with E-state index in [0.29, 0.717) is 5.56 Å². The number of benzene rings is 1. The monoisotopic (exact) mass is 223 g/mol. The van der Waals surface area contributed by atoms with Crippen molar-refractivity contribution in [3.63, 3.8) is 0 Å². The summed E-state index contributed by atoms with van der Waals surface area (Å²) in [4.78, 5) is 19.6. The standard InChI is InChI=1S/C11H15O3Si/c1-13-14-11(12)9-5-7-10(8-6-9)15(2,3)4/h5-8H,1H2,2-4H3. The molecule has 0 unspecified atom stereocenters. The van der Waals surface area contributed by atoms with E-state index in [4.69, 9.17) is 0 Å². The van der Waals surface area contributed by atoms with Gasteiger partial charge in [-0.2, -0.15) is 4.89 Å². The van der Waals surface area contributed by atoms with Gasteiger partial charge in [0.2, 0.25) is 0 Å². The summed E-state index contributed by atoms with van der Waals surface area (Å²) < 4.78 is 0. The zero-order valence-corrected chi connectivity index (χ0v) is 10.2. The van der Waals surface area contributed by atoms with Crippen LogP contribution in [-0.2, 0) is 9.78 Å². The SMILES string of the molecule is [CH2]OOC(=O)c1ccc([Si](C)(C)C)cc1. The van der Waals surface area contributed by atoms with E-state index in [1.54, 1.807) is 12.1 Å². The number of carbonyl (C=O) groups excluding carboxylic acids is 1. The quantitative estimate of drug-likeness (QED) is 0.447. The predicted octanol–water partition coefficient (Wildman–Crippen LogP) is 2.11. The molecule has 1 rings (SSSR count). The molecule has 81 valence electrons. The van der Waals surface area contributed by atoms with Crippen molar-refractivity contribution in [3.8, 4) is 0 Å². The van der Waals surface area contributed by atoms with Gasteiger partial charge in [-0.05, 0) is 12.1 Å². The van der Waals surface area contributed by atoms with Crippen LogP contribution in [-0.4, -0.2) is 14.0 Å². The molecule has 0 aliphatic carbocycles. The molecule has 0 saturated heterocycles. The molecule has 0 saturated carbocycles. The van der Waals surface area contributed by atoms with Gasteiger partial charge in [0.15, 0.2) is 0 Å². The van der Waals surface area contributed by atoms with Crippen molar-refractivity contribution in [2.75, 3.05) is 0 Å². The van der Waals surface area contributed by atoms with Gasteiger partial charge in [-0.1, -0.05) is 37.0 Å². The maximum atomic E-state index is 11.2. The molecule has 0 spiro atoms. The summed E-state index contributed by atoms with van der Waals surface area (Å²) in [6.07, 6.45) is 0. The van der Waals surface area contributed by atoms with E-state index in [2.05, 4.69) is 36.5 Å². The minimum atomic E-state index is -1.31. The Morgan fingerprint density at radius 2 is 1.73 bits per heavy atom. The first-order chi connectivity index (χ1) is 6.95. The average molecular weight is 223 g/mol. The van der Waals surface area contributed by atoms with Gasteiger partial charge in [-0.15, -0.1) is 0 Å². The first kappa shape index (κ1) is 11.9. The minimum absolute atomic E-state index is 0.473. The van der Waals surface area contributed by atoms with Crippen molar-refractivity contribution >= 4 is 19.2 Å². The molecule has 0 atom stereocenters. The fourth-order valence-electron chi connectivity index (χ4n) is 1.21. The third kappa shape index (κ3) is 3.18. The number of hydrogen-bond donors (Lipinski definition) is 0. The van der Waals surface area contributed by atoms with E-state index in [1.807, 2.05) is 12.1 Å². The molecule has 0 N–H and O–H groups in total. The van der Waals surface area contributed by atoms with E-state index in [-0.39, 0.29) is 0 Å². The van der Waals surface area contributed by atoms with Crippen LogP contribution in [0.2, 0.25) is 19.6 Å². The lowest BCUT2D eigenvalue weighted by Gasteiger charge is -2.16. The van der Waals surface area contributed by atoms with Crippen LogP contribution in [0.1, 0.15) is 10.4 Å². The van der Waals surface area contributed by atoms with Gasteiger partial charge in [0.25, 0.3) is 0 Å². The molecule has 0 fully saturated rings. The number of rotatable bonds is 3. The van der Waals surface area contributed by atoms with E-state index in [0.717, 1.165) is 0 Å². The van der Waals surface area contributed by atoms with Crippen molar-refractivity contribution in [3.05, 3.63) is 36.9 Å². The summed E-state index contributed by atoms with van der Waals surface area (Å²) in [6.45, 7) is 6.75. The minimum Gasteiger partial charge on any atom is -0.293 e. The van der Waals surface area contributed by atoms with Crippen LogP contribution >= 0.6 is 0 Å². The largest absolute Gasteiger partial charge is 0.373 e. The van der Waals surface area contributed by atoms with Gasteiger partial charge in [-0.25, -0.2) is 4.79 Å². The van der Waals surface area contributed by atoms with Crippen molar-refractivity contribution < 1.29 is 14.6 Å². The molecular formula is C11H15O3Si. The fraction of sp³-hybridized carbons (Fsp3) is 0.273. The van der Waals surface area contributed by atoms with Crippen LogP contribution in [0.3, 0.4) is 0 Å². The molecule has 1 radical (unpaired) electrons. The Morgan fingerprint density at radius 3 is 2.13 bits per heavy atom. The molecule has 0 bridgehead atoms. The van der Waals surface area contributed by atoms with Crippen molar-refractivity contribution in [1.29, 1.82) is 0 Å².